The average molecular weight is 498 g/mol. The van der Waals surface area contributed by atoms with E-state index in [0.717, 1.165) is 37.9 Å². The van der Waals surface area contributed by atoms with E-state index in [-0.39, 0.29) is 24.3 Å². The summed E-state index contributed by atoms with van der Waals surface area (Å²) in [5.74, 6) is 1.79. The number of hydrogen-bond donors (Lipinski definition) is 1. The molecule has 1 amide bonds. The average Bonchev–Trinajstić information content (AvgIpc) is 3.40. The number of carbonyl (C=O) groups is 1. The molecule has 0 aromatic heterocycles. The first-order valence-corrected chi connectivity index (χ1v) is 12.3. The molecule has 2 aromatic carbocycles. The van der Waals surface area contributed by atoms with Crippen molar-refractivity contribution in [3.8, 4) is 17.2 Å². The van der Waals surface area contributed by atoms with E-state index in [1.807, 2.05) is 23.1 Å². The van der Waals surface area contributed by atoms with Gasteiger partial charge in [0.2, 0.25) is 5.75 Å². The van der Waals surface area contributed by atoms with Gasteiger partial charge in [0.25, 0.3) is 0 Å². The molecule has 0 unspecified atom stereocenters. The van der Waals surface area contributed by atoms with E-state index in [4.69, 9.17) is 31.2 Å². The van der Waals surface area contributed by atoms with Crippen LogP contribution in [0.25, 0.3) is 0 Å². The zero-order chi connectivity index (χ0) is 24.5. The van der Waals surface area contributed by atoms with Crippen molar-refractivity contribution in [3.05, 3.63) is 53.1 Å². The zero-order valence-corrected chi connectivity index (χ0v) is 21.1. The van der Waals surface area contributed by atoms with Crippen LogP contribution >= 0.6 is 12.2 Å². The Morgan fingerprint density at radius 3 is 2.43 bits per heavy atom. The summed E-state index contributed by atoms with van der Waals surface area (Å²) in [5.41, 5.74) is 3.49. The van der Waals surface area contributed by atoms with Gasteiger partial charge in [0.15, 0.2) is 16.6 Å². The SMILES string of the molecule is COc1cc(CNC(=S)N2CCC(N3C(=O)O[C@@H]4Cc5ccccc5[C@@H]43)CC2)cc(OC)c1OC. The van der Waals surface area contributed by atoms with Crippen molar-refractivity contribution in [2.75, 3.05) is 34.4 Å². The Balaban J connectivity index is 1.19. The standard InChI is InChI=1S/C26H31N3O5S/c1-31-21-12-16(13-22(32-2)24(21)33-3)15-27-25(35)28-10-8-18(9-11-28)29-23-19-7-5-4-6-17(19)14-20(23)34-26(29)30/h4-7,12-13,18,20,23H,8-11,14-15H2,1-3H3,(H,27,35)/t20-,23+/m1/s1. The normalized spacial score (nSPS) is 21.3. The summed E-state index contributed by atoms with van der Waals surface area (Å²) >= 11 is 5.69. The summed E-state index contributed by atoms with van der Waals surface area (Å²) in [6.45, 7) is 2.11. The van der Waals surface area contributed by atoms with Crippen molar-refractivity contribution in [1.29, 1.82) is 0 Å². The highest BCUT2D eigenvalue weighted by molar-refractivity contribution is 7.80. The Bertz CT molecular complexity index is 1090. The van der Waals surface area contributed by atoms with E-state index in [2.05, 4.69) is 28.4 Å². The van der Waals surface area contributed by atoms with Crippen LogP contribution in [0.2, 0.25) is 0 Å². The molecular formula is C26H31N3O5S. The number of nitrogens with zero attached hydrogens (tertiary/aromatic N) is 2. The second-order valence-corrected chi connectivity index (χ2v) is 9.47. The predicted molar refractivity (Wildman–Crippen MR) is 135 cm³/mol. The molecule has 0 bridgehead atoms. The largest absolute Gasteiger partial charge is 0.493 e. The molecule has 1 N–H and O–H groups in total. The molecule has 2 aromatic rings. The number of rotatable bonds is 6. The summed E-state index contributed by atoms with van der Waals surface area (Å²) in [5, 5.41) is 4.05. The van der Waals surface area contributed by atoms with E-state index >= 15 is 0 Å². The maximum atomic E-state index is 12.7. The maximum Gasteiger partial charge on any atom is 0.411 e. The van der Waals surface area contributed by atoms with Crippen molar-refractivity contribution in [1.82, 2.24) is 15.1 Å². The molecule has 9 heteroatoms. The number of likely N-dealkylation sites (tertiary alicyclic amines) is 1. The number of hydrogen-bond acceptors (Lipinski definition) is 6. The summed E-state index contributed by atoms with van der Waals surface area (Å²) in [4.78, 5) is 16.9. The quantitative estimate of drug-likeness (QED) is 0.607. The summed E-state index contributed by atoms with van der Waals surface area (Å²) in [6, 6.07) is 12.4. The van der Waals surface area contributed by atoms with Gasteiger partial charge in [-0.1, -0.05) is 24.3 Å². The number of amides is 1. The van der Waals surface area contributed by atoms with Crippen molar-refractivity contribution in [3.63, 3.8) is 0 Å². The Kier molecular flexibility index (Phi) is 6.60. The Morgan fingerprint density at radius 1 is 1.09 bits per heavy atom. The molecule has 35 heavy (non-hydrogen) atoms. The molecule has 1 aliphatic carbocycles. The summed E-state index contributed by atoms with van der Waals surface area (Å²) < 4.78 is 22.0. The smallest absolute Gasteiger partial charge is 0.411 e. The van der Waals surface area contributed by atoms with Gasteiger partial charge in [-0.2, -0.15) is 0 Å². The minimum absolute atomic E-state index is 0.0281. The molecule has 2 saturated heterocycles. The van der Waals surface area contributed by atoms with Crippen LogP contribution in [-0.4, -0.2) is 67.6 Å². The minimum atomic E-state index is -0.184. The number of piperidine rings is 1. The van der Waals surface area contributed by atoms with Gasteiger partial charge in [-0.15, -0.1) is 0 Å². The lowest BCUT2D eigenvalue weighted by Gasteiger charge is -2.38. The number of carbonyl (C=O) groups excluding carboxylic acids is 1. The van der Waals surface area contributed by atoms with E-state index in [9.17, 15) is 4.79 Å². The third kappa shape index (κ3) is 4.33. The van der Waals surface area contributed by atoms with Gasteiger partial charge in [0.05, 0.1) is 27.4 Å². The number of methoxy groups -OCH3 is 3. The highest BCUT2D eigenvalue weighted by Gasteiger charge is 2.50. The molecule has 2 fully saturated rings. The molecule has 8 nitrogen and oxygen atoms in total. The van der Waals surface area contributed by atoms with Crippen molar-refractivity contribution in [2.24, 2.45) is 0 Å². The van der Waals surface area contributed by atoms with Gasteiger partial charge < -0.3 is 29.2 Å². The second-order valence-electron chi connectivity index (χ2n) is 9.09. The summed E-state index contributed by atoms with van der Waals surface area (Å²) in [7, 11) is 4.79. The van der Waals surface area contributed by atoms with Crippen molar-refractivity contribution in [2.45, 2.75) is 44.0 Å². The number of fused-ring (bicyclic) bond motifs is 3. The molecule has 0 saturated carbocycles. The molecule has 186 valence electrons. The van der Waals surface area contributed by atoms with Crippen LogP contribution in [0, 0.1) is 0 Å². The van der Waals surface area contributed by atoms with Crippen LogP contribution in [0.4, 0.5) is 4.79 Å². The lowest BCUT2D eigenvalue weighted by atomic mass is 9.99. The number of thiocarbonyl (C=S) groups is 1. The molecular weight excluding hydrogens is 466 g/mol. The molecule has 2 aliphatic heterocycles. The first-order chi connectivity index (χ1) is 17.0. The first kappa shape index (κ1) is 23.5. The zero-order valence-electron chi connectivity index (χ0n) is 20.3. The number of ether oxygens (including phenoxy) is 4. The molecule has 0 radical (unpaired) electrons. The lowest BCUT2D eigenvalue weighted by molar-refractivity contribution is 0.118. The Labute approximate surface area is 211 Å². The highest BCUT2D eigenvalue weighted by atomic mass is 32.1. The first-order valence-electron chi connectivity index (χ1n) is 11.9. The Hall–Kier alpha value is -3.20. The maximum absolute atomic E-state index is 12.7. The van der Waals surface area contributed by atoms with Gasteiger partial charge in [-0.3, -0.25) is 4.90 Å². The van der Waals surface area contributed by atoms with E-state index in [0.29, 0.717) is 28.9 Å². The van der Waals surface area contributed by atoms with Crippen LogP contribution in [-0.2, 0) is 17.7 Å². The van der Waals surface area contributed by atoms with Crippen molar-refractivity contribution < 1.29 is 23.7 Å². The molecule has 2 heterocycles. The van der Waals surface area contributed by atoms with Crippen LogP contribution < -0.4 is 19.5 Å². The Morgan fingerprint density at radius 2 is 1.77 bits per heavy atom. The monoisotopic (exact) mass is 497 g/mol. The fraction of sp³-hybridized carbons (Fsp3) is 0.462. The molecule has 0 spiro atoms. The molecule has 5 rings (SSSR count). The fourth-order valence-corrected chi connectivity index (χ4v) is 5.78. The number of nitrogens with one attached hydrogen (secondary N) is 1. The van der Waals surface area contributed by atoms with Crippen LogP contribution in [0.15, 0.2) is 36.4 Å². The van der Waals surface area contributed by atoms with Gasteiger partial charge >= 0.3 is 6.09 Å². The van der Waals surface area contributed by atoms with Crippen LogP contribution in [0.3, 0.4) is 0 Å². The third-order valence-corrected chi connectivity index (χ3v) is 7.63. The predicted octanol–water partition coefficient (Wildman–Crippen LogP) is 3.67. The van der Waals surface area contributed by atoms with Gasteiger partial charge in [0, 0.05) is 32.1 Å². The molecule has 3 aliphatic rings. The van der Waals surface area contributed by atoms with E-state index < -0.39 is 0 Å². The number of benzene rings is 2. The molecule has 2 atom stereocenters. The van der Waals surface area contributed by atoms with Crippen LogP contribution in [0.5, 0.6) is 17.2 Å². The summed E-state index contributed by atoms with van der Waals surface area (Å²) in [6.07, 6.45) is 2.26. The third-order valence-electron chi connectivity index (χ3n) is 7.22. The van der Waals surface area contributed by atoms with Gasteiger partial charge in [-0.25, -0.2) is 4.79 Å². The van der Waals surface area contributed by atoms with Crippen LogP contribution in [0.1, 0.15) is 35.6 Å². The van der Waals surface area contributed by atoms with Gasteiger partial charge in [0.1, 0.15) is 6.10 Å². The van der Waals surface area contributed by atoms with Gasteiger partial charge in [-0.05, 0) is 53.9 Å². The fourth-order valence-electron chi connectivity index (χ4n) is 5.53. The minimum Gasteiger partial charge on any atom is -0.493 e. The van der Waals surface area contributed by atoms with E-state index in [1.54, 1.807) is 21.3 Å². The highest BCUT2D eigenvalue weighted by Crippen LogP contribution is 2.44. The topological polar surface area (TPSA) is 72.5 Å². The van der Waals surface area contributed by atoms with Crippen molar-refractivity contribution >= 4 is 23.4 Å². The second kappa shape index (κ2) is 9.81. The lowest BCUT2D eigenvalue weighted by Crippen LogP contribution is -2.50. The van der Waals surface area contributed by atoms with E-state index in [1.165, 1.54) is 11.1 Å².